The number of ether oxygens (including phenoxy) is 3. The number of hydrogen-bond acceptors (Lipinski definition) is 19. The Bertz CT molecular complexity index is 2240. The lowest BCUT2D eigenvalue weighted by Gasteiger charge is -2.40. The van der Waals surface area contributed by atoms with Gasteiger partial charge in [0.15, 0.2) is 57.9 Å². The zero-order valence-corrected chi connectivity index (χ0v) is 32.0. The van der Waals surface area contributed by atoms with Crippen LogP contribution in [0.1, 0.15) is 42.4 Å². The quantitative estimate of drug-likeness (QED) is 0.0536. The molecule has 3 aromatic carbocycles. The van der Waals surface area contributed by atoms with E-state index in [9.17, 15) is 85.3 Å². The summed E-state index contributed by atoms with van der Waals surface area (Å²) in [5.74, 6) is -8.49. The van der Waals surface area contributed by atoms with Crippen molar-refractivity contribution in [2.24, 2.45) is 0 Å². The Balaban J connectivity index is 0.000000294. The molecule has 0 spiro atoms. The summed E-state index contributed by atoms with van der Waals surface area (Å²) in [5, 5.41) is 125. The number of phenols is 6. The molecule has 2 fully saturated rings. The highest BCUT2D eigenvalue weighted by atomic mass is 16.6. The highest BCUT2D eigenvalue weighted by Gasteiger charge is 2.53. The number of carboxylic acids is 2. The Kier molecular flexibility index (Phi) is 15.3. The van der Waals surface area contributed by atoms with Crippen molar-refractivity contribution in [3.63, 3.8) is 0 Å². The molecule has 0 saturated heterocycles. The molecule has 2 aliphatic rings. The molecular formula is C41H42O21. The van der Waals surface area contributed by atoms with Crippen LogP contribution in [0.15, 0.2) is 72.8 Å². The molecule has 332 valence electrons. The first-order valence-electron chi connectivity index (χ1n) is 18.2. The molecule has 0 amide bonds. The number of carbonyl (C=O) groups excluding carboxylic acids is 3. The molecule has 13 N–H and O–H groups in total. The smallest absolute Gasteiger partial charge is 0.335 e. The second-order valence-corrected chi connectivity index (χ2v) is 14.2. The molecule has 0 heterocycles. The highest BCUT2D eigenvalue weighted by Crippen LogP contribution is 2.35. The van der Waals surface area contributed by atoms with Crippen molar-refractivity contribution < 1.29 is 105 Å². The molecule has 62 heavy (non-hydrogen) atoms. The van der Waals surface area contributed by atoms with Crippen LogP contribution in [-0.4, -0.2) is 144 Å². The first kappa shape index (κ1) is 47.5. The topological polar surface area (TPSA) is 376 Å². The van der Waals surface area contributed by atoms with Crippen molar-refractivity contribution in [2.75, 3.05) is 0 Å². The van der Waals surface area contributed by atoms with Crippen LogP contribution in [0.5, 0.6) is 34.5 Å². The minimum Gasteiger partial charge on any atom is -0.504 e. The van der Waals surface area contributed by atoms with Crippen molar-refractivity contribution in [3.05, 3.63) is 89.5 Å². The Morgan fingerprint density at radius 3 is 1.11 bits per heavy atom. The molecule has 2 saturated carbocycles. The second-order valence-electron chi connectivity index (χ2n) is 14.2. The van der Waals surface area contributed by atoms with E-state index in [2.05, 4.69) is 0 Å². The van der Waals surface area contributed by atoms with Crippen molar-refractivity contribution in [3.8, 4) is 34.5 Å². The zero-order valence-electron chi connectivity index (χ0n) is 32.0. The maximum absolute atomic E-state index is 12.4. The molecule has 0 aliphatic heterocycles. The van der Waals surface area contributed by atoms with Crippen LogP contribution < -0.4 is 0 Å². The maximum atomic E-state index is 12.4. The lowest BCUT2D eigenvalue weighted by Crippen LogP contribution is -2.58. The van der Waals surface area contributed by atoms with Gasteiger partial charge in [-0.1, -0.05) is 18.2 Å². The van der Waals surface area contributed by atoms with E-state index in [1.54, 1.807) is 0 Å². The molecule has 0 aromatic heterocycles. The molecule has 4 unspecified atom stereocenters. The van der Waals surface area contributed by atoms with Crippen LogP contribution in [0.25, 0.3) is 18.2 Å². The predicted molar refractivity (Wildman–Crippen MR) is 208 cm³/mol. The second kappa shape index (κ2) is 19.9. The number of hydrogen-bond donors (Lipinski definition) is 13. The van der Waals surface area contributed by atoms with Gasteiger partial charge in [-0.05, 0) is 71.3 Å². The fourth-order valence-corrected chi connectivity index (χ4v) is 6.24. The van der Waals surface area contributed by atoms with Crippen LogP contribution >= 0.6 is 0 Å². The lowest BCUT2D eigenvalue weighted by atomic mass is 9.79. The molecule has 3 aromatic rings. The first-order valence-corrected chi connectivity index (χ1v) is 18.2. The third-order valence-electron chi connectivity index (χ3n) is 9.49. The molecule has 6 atom stereocenters. The third kappa shape index (κ3) is 12.4. The molecule has 21 heteroatoms. The summed E-state index contributed by atoms with van der Waals surface area (Å²) in [6.45, 7) is 0. The number of aliphatic hydroxyl groups excluding tert-OH is 3. The average molecular weight is 871 g/mol. The number of rotatable bonds is 11. The largest absolute Gasteiger partial charge is 0.504 e. The highest BCUT2D eigenvalue weighted by molar-refractivity contribution is 5.89. The van der Waals surface area contributed by atoms with Gasteiger partial charge in [0, 0.05) is 43.9 Å². The fourth-order valence-electron chi connectivity index (χ4n) is 6.24. The van der Waals surface area contributed by atoms with E-state index in [1.807, 2.05) is 0 Å². The van der Waals surface area contributed by atoms with Crippen LogP contribution in [0.4, 0.5) is 0 Å². The summed E-state index contributed by atoms with van der Waals surface area (Å²) in [6, 6.07) is 11.4. The molecule has 5 rings (SSSR count). The van der Waals surface area contributed by atoms with Gasteiger partial charge >= 0.3 is 29.8 Å². The van der Waals surface area contributed by atoms with E-state index in [4.69, 9.17) is 19.3 Å². The standard InChI is InChI=1S/C25H24O12.C16H18O9/c26-15-5-1-13(9-17(15)28)3-7-21(31)36-20-12-25(35,24(33)34)11-19(30)23(20)37-22(32)8-4-14-2-6-16(27)18(29)10-14;17-9-3-1-8(5-10(9)18)2-4-13(21)25-14-11(19)6-16(24,15(22)23)7-12(14)20/h1-10,19-20,23,26-30,35H,11-12H2,(H,33,34);1-5,11-12,14,17-20,24H,6-7H2,(H,22,23)/b7-3+,8-4+;4-2+/t19?,20?,23-,25+;/m0./s1. The molecule has 0 radical (unpaired) electrons. The monoisotopic (exact) mass is 870 g/mol. The van der Waals surface area contributed by atoms with Crippen LogP contribution in [0.3, 0.4) is 0 Å². The number of aromatic hydroxyl groups is 6. The molecular weight excluding hydrogens is 828 g/mol. The maximum Gasteiger partial charge on any atom is 0.335 e. The van der Waals surface area contributed by atoms with Crippen LogP contribution in [-0.2, 0) is 38.2 Å². The molecule has 2 aliphatic carbocycles. The Hall–Kier alpha value is -7.17. The predicted octanol–water partition coefficient (Wildman–Crippen LogP) is 0.384. The van der Waals surface area contributed by atoms with Gasteiger partial charge in [0.25, 0.3) is 0 Å². The van der Waals surface area contributed by atoms with Gasteiger partial charge in [0.1, 0.15) is 6.10 Å². The van der Waals surface area contributed by atoms with E-state index in [1.165, 1.54) is 66.8 Å². The number of aliphatic carboxylic acids is 2. The third-order valence-corrected chi connectivity index (χ3v) is 9.49. The number of benzene rings is 3. The summed E-state index contributed by atoms with van der Waals surface area (Å²) in [4.78, 5) is 59.1. The average Bonchev–Trinajstić information content (AvgIpc) is 3.19. The lowest BCUT2D eigenvalue weighted by molar-refractivity contribution is -0.204. The Morgan fingerprint density at radius 2 is 0.774 bits per heavy atom. The van der Waals surface area contributed by atoms with Gasteiger partial charge in [-0.15, -0.1) is 0 Å². The van der Waals surface area contributed by atoms with Gasteiger partial charge < -0.3 is 80.6 Å². The van der Waals surface area contributed by atoms with E-state index in [0.717, 1.165) is 24.3 Å². The van der Waals surface area contributed by atoms with Gasteiger partial charge in [-0.25, -0.2) is 24.0 Å². The van der Waals surface area contributed by atoms with E-state index >= 15 is 0 Å². The van der Waals surface area contributed by atoms with Crippen LogP contribution in [0.2, 0.25) is 0 Å². The van der Waals surface area contributed by atoms with Gasteiger partial charge in [0.2, 0.25) is 0 Å². The minimum absolute atomic E-state index is 0.311. The number of carbonyl (C=O) groups is 5. The normalized spacial score (nSPS) is 26.0. The molecule has 0 bridgehead atoms. The van der Waals surface area contributed by atoms with E-state index < -0.39 is 115 Å². The van der Waals surface area contributed by atoms with Crippen molar-refractivity contribution in [1.29, 1.82) is 0 Å². The van der Waals surface area contributed by atoms with Gasteiger partial charge in [-0.2, -0.15) is 0 Å². The summed E-state index contributed by atoms with van der Waals surface area (Å²) in [6.07, 6.45) is -5.29. The van der Waals surface area contributed by atoms with E-state index in [-0.39, 0.29) is 23.0 Å². The van der Waals surface area contributed by atoms with Gasteiger partial charge in [-0.3, -0.25) is 0 Å². The minimum atomic E-state index is -2.46. The summed E-state index contributed by atoms with van der Waals surface area (Å²) in [5.41, 5.74) is -3.73. The Labute approximate surface area is 349 Å². The SMILES string of the molecule is O=C(/C=C/c1ccc(O)c(O)c1)OC1C(O)CC(O)(C(=O)O)CC1O.O=C(/C=C/c1ccc(O)c(O)c1)OC1C[C@@](O)(C(=O)O)CC(O)[C@@H]1OC(=O)/C=C/c1ccc(O)c(O)c1. The fraction of sp³-hybridized carbons (Fsp3) is 0.293. The number of phenolic OH excluding ortho intramolecular Hbond substituents is 6. The Morgan fingerprint density at radius 1 is 0.468 bits per heavy atom. The summed E-state index contributed by atoms with van der Waals surface area (Å²) >= 11 is 0. The van der Waals surface area contributed by atoms with Crippen LogP contribution in [0, 0.1) is 0 Å². The molecule has 21 nitrogen and oxygen atoms in total. The van der Waals surface area contributed by atoms with Gasteiger partial charge in [0.05, 0.1) is 18.3 Å². The number of aliphatic hydroxyl groups is 5. The summed E-state index contributed by atoms with van der Waals surface area (Å²) in [7, 11) is 0. The first-order chi connectivity index (χ1) is 29.0. The van der Waals surface area contributed by atoms with Crippen molar-refractivity contribution in [1.82, 2.24) is 0 Å². The number of esters is 3. The van der Waals surface area contributed by atoms with E-state index in [0.29, 0.717) is 16.7 Å². The summed E-state index contributed by atoms with van der Waals surface area (Å²) < 4.78 is 15.3. The van der Waals surface area contributed by atoms with Crippen molar-refractivity contribution in [2.45, 2.75) is 73.5 Å². The zero-order chi connectivity index (χ0) is 46.1. The van der Waals surface area contributed by atoms with Crippen molar-refractivity contribution >= 4 is 48.1 Å². The number of carboxylic acid groups (broad SMARTS) is 2.